The van der Waals surface area contributed by atoms with E-state index in [2.05, 4.69) is 20.0 Å². The molecule has 0 radical (unpaired) electrons. The summed E-state index contributed by atoms with van der Waals surface area (Å²) in [4.78, 5) is 8.10. The highest BCUT2D eigenvalue weighted by atomic mass is 32.2. The molecule has 6 nitrogen and oxygen atoms in total. The molecule has 1 heterocycles. The molecular weight excluding hydrogens is 228 g/mol. The predicted octanol–water partition coefficient (Wildman–Crippen LogP) is 0.136. The Hall–Kier alpha value is -1.21. The van der Waals surface area contributed by atoms with Gasteiger partial charge in [-0.15, -0.1) is 0 Å². The lowest BCUT2D eigenvalue weighted by atomic mass is 10.4. The Morgan fingerprint density at radius 1 is 1.31 bits per heavy atom. The van der Waals surface area contributed by atoms with Crippen molar-refractivity contribution >= 4 is 15.8 Å². The van der Waals surface area contributed by atoms with E-state index in [9.17, 15) is 8.42 Å². The van der Waals surface area contributed by atoms with E-state index in [0.29, 0.717) is 18.9 Å². The maximum Gasteiger partial charge on any atom is 0.213 e. The number of nitrogens with one attached hydrogen (secondary N) is 2. The van der Waals surface area contributed by atoms with Crippen LogP contribution in [0.25, 0.3) is 0 Å². The highest BCUT2D eigenvalue weighted by Gasteiger charge is 2.08. The van der Waals surface area contributed by atoms with Crippen molar-refractivity contribution in [2.24, 2.45) is 0 Å². The number of sulfonamides is 1. The molecule has 0 fully saturated rings. The fourth-order valence-corrected chi connectivity index (χ4v) is 2.13. The number of aromatic nitrogens is 2. The summed E-state index contributed by atoms with van der Waals surface area (Å²) < 4.78 is 25.1. The first-order valence-electron chi connectivity index (χ1n) is 5.04. The van der Waals surface area contributed by atoms with E-state index < -0.39 is 10.0 Å². The summed E-state index contributed by atoms with van der Waals surface area (Å²) >= 11 is 0. The van der Waals surface area contributed by atoms with Crippen molar-refractivity contribution in [3.05, 3.63) is 18.1 Å². The first kappa shape index (κ1) is 12.9. The van der Waals surface area contributed by atoms with Gasteiger partial charge in [-0.3, -0.25) is 4.98 Å². The average Bonchev–Trinajstić information content (AvgIpc) is 2.20. The van der Waals surface area contributed by atoms with Gasteiger partial charge in [-0.2, -0.15) is 0 Å². The van der Waals surface area contributed by atoms with Crippen LogP contribution < -0.4 is 10.0 Å². The molecule has 0 bridgehead atoms. The Bertz CT molecular complexity index is 433. The molecule has 0 amide bonds. The summed E-state index contributed by atoms with van der Waals surface area (Å²) in [7, 11) is -3.18. The van der Waals surface area contributed by atoms with E-state index >= 15 is 0 Å². The molecule has 0 aromatic carbocycles. The molecule has 0 aliphatic carbocycles. The van der Waals surface area contributed by atoms with Crippen molar-refractivity contribution in [2.45, 2.75) is 13.8 Å². The second-order valence-corrected chi connectivity index (χ2v) is 5.16. The minimum absolute atomic E-state index is 0.0247. The smallest absolute Gasteiger partial charge is 0.213 e. The molecule has 0 spiro atoms. The maximum atomic E-state index is 11.3. The highest BCUT2D eigenvalue weighted by Crippen LogP contribution is 2.04. The Morgan fingerprint density at radius 2 is 2.00 bits per heavy atom. The van der Waals surface area contributed by atoms with Crippen LogP contribution in [0.2, 0.25) is 0 Å². The quantitative estimate of drug-likeness (QED) is 0.743. The number of nitrogens with zero attached hydrogens (tertiary/aromatic N) is 2. The van der Waals surface area contributed by atoms with Crippen LogP contribution in [0.4, 0.5) is 5.82 Å². The Kier molecular flexibility index (Phi) is 4.63. The number of aryl methyl sites for hydroxylation is 1. The summed E-state index contributed by atoms with van der Waals surface area (Å²) in [5.74, 6) is 0.644. The molecule has 2 N–H and O–H groups in total. The van der Waals surface area contributed by atoms with Gasteiger partial charge in [0.1, 0.15) is 5.82 Å². The first-order valence-corrected chi connectivity index (χ1v) is 6.69. The average molecular weight is 244 g/mol. The fraction of sp³-hybridized carbons (Fsp3) is 0.556. The van der Waals surface area contributed by atoms with Gasteiger partial charge in [-0.1, -0.05) is 6.92 Å². The number of anilines is 1. The lowest BCUT2D eigenvalue weighted by Crippen LogP contribution is -2.29. The van der Waals surface area contributed by atoms with Gasteiger partial charge < -0.3 is 5.32 Å². The molecule has 1 aromatic rings. The third-order valence-electron chi connectivity index (χ3n) is 1.91. The molecule has 7 heteroatoms. The Balaban J connectivity index is 2.45. The molecule has 16 heavy (non-hydrogen) atoms. The maximum absolute atomic E-state index is 11.3. The third-order valence-corrected chi connectivity index (χ3v) is 3.38. The van der Waals surface area contributed by atoms with Crippen LogP contribution in [0, 0.1) is 6.92 Å². The molecule has 0 unspecified atom stereocenters. The normalized spacial score (nSPS) is 11.4. The molecule has 1 rings (SSSR count). The van der Waals surface area contributed by atoms with Crippen molar-refractivity contribution in [3.8, 4) is 0 Å². The highest BCUT2D eigenvalue weighted by molar-refractivity contribution is 7.89. The number of hydrogen-bond donors (Lipinski definition) is 2. The van der Waals surface area contributed by atoms with Crippen LogP contribution in [0.5, 0.6) is 0 Å². The van der Waals surface area contributed by atoms with E-state index in [0.717, 1.165) is 5.69 Å². The van der Waals surface area contributed by atoms with Crippen LogP contribution in [-0.4, -0.2) is 37.2 Å². The topological polar surface area (TPSA) is 84.0 Å². The molecule has 0 aliphatic heterocycles. The lowest BCUT2D eigenvalue weighted by molar-refractivity contribution is 0.584. The molecule has 90 valence electrons. The molecule has 0 aliphatic rings. The first-order chi connectivity index (χ1) is 7.55. The third kappa shape index (κ3) is 4.11. The van der Waals surface area contributed by atoms with Gasteiger partial charge in [0.2, 0.25) is 10.0 Å². The van der Waals surface area contributed by atoms with Crippen molar-refractivity contribution in [1.29, 1.82) is 0 Å². The Labute approximate surface area is 95.6 Å². The fourth-order valence-electron chi connectivity index (χ4n) is 1.18. The zero-order chi connectivity index (χ0) is 12.0. The molecule has 1 aromatic heterocycles. The molecular formula is C9H16N4O2S. The summed E-state index contributed by atoms with van der Waals surface area (Å²) in [5, 5.41) is 2.93. The van der Waals surface area contributed by atoms with Gasteiger partial charge in [-0.05, 0) is 6.92 Å². The molecule has 0 atom stereocenters. The van der Waals surface area contributed by atoms with E-state index in [4.69, 9.17) is 0 Å². The largest absolute Gasteiger partial charge is 0.367 e. The Morgan fingerprint density at radius 3 is 2.62 bits per heavy atom. The van der Waals surface area contributed by atoms with Gasteiger partial charge >= 0.3 is 0 Å². The molecule has 0 saturated heterocycles. The molecule has 0 saturated carbocycles. The monoisotopic (exact) mass is 244 g/mol. The minimum Gasteiger partial charge on any atom is -0.367 e. The van der Waals surface area contributed by atoms with Crippen LogP contribution in [0.15, 0.2) is 12.4 Å². The van der Waals surface area contributed by atoms with E-state index in [1.54, 1.807) is 19.3 Å². The summed E-state index contributed by atoms with van der Waals surface area (Å²) in [5.41, 5.74) is 0.753. The van der Waals surface area contributed by atoms with Gasteiger partial charge in [0.15, 0.2) is 0 Å². The second-order valence-electron chi connectivity index (χ2n) is 3.23. The van der Waals surface area contributed by atoms with Gasteiger partial charge in [0.25, 0.3) is 0 Å². The SMILES string of the molecule is CCNS(=O)(=O)CCNc1nccnc1C. The van der Waals surface area contributed by atoms with Crippen molar-refractivity contribution in [1.82, 2.24) is 14.7 Å². The predicted molar refractivity (Wildman–Crippen MR) is 62.7 cm³/mol. The van der Waals surface area contributed by atoms with Gasteiger partial charge in [0, 0.05) is 25.5 Å². The summed E-state index contributed by atoms with van der Waals surface area (Å²) in [6, 6.07) is 0. The van der Waals surface area contributed by atoms with Crippen LogP contribution >= 0.6 is 0 Å². The van der Waals surface area contributed by atoms with Crippen LogP contribution in [-0.2, 0) is 10.0 Å². The summed E-state index contributed by atoms with van der Waals surface area (Å²) in [6.07, 6.45) is 3.16. The van der Waals surface area contributed by atoms with Gasteiger partial charge in [0.05, 0.1) is 11.4 Å². The van der Waals surface area contributed by atoms with E-state index in [1.807, 2.05) is 6.92 Å². The van der Waals surface area contributed by atoms with Crippen molar-refractivity contribution in [3.63, 3.8) is 0 Å². The zero-order valence-electron chi connectivity index (χ0n) is 9.40. The number of hydrogen-bond acceptors (Lipinski definition) is 5. The van der Waals surface area contributed by atoms with E-state index in [1.165, 1.54) is 0 Å². The number of rotatable bonds is 6. The lowest BCUT2D eigenvalue weighted by Gasteiger charge is -2.07. The van der Waals surface area contributed by atoms with Crippen molar-refractivity contribution in [2.75, 3.05) is 24.2 Å². The zero-order valence-corrected chi connectivity index (χ0v) is 10.2. The summed E-state index contributed by atoms with van der Waals surface area (Å²) in [6.45, 7) is 4.29. The van der Waals surface area contributed by atoms with Gasteiger partial charge in [-0.25, -0.2) is 18.1 Å². The van der Waals surface area contributed by atoms with Crippen molar-refractivity contribution < 1.29 is 8.42 Å². The second kappa shape index (κ2) is 5.76. The van der Waals surface area contributed by atoms with Crippen LogP contribution in [0.1, 0.15) is 12.6 Å². The standard InChI is InChI=1S/C9H16N4O2S/c1-3-13-16(14,15)7-6-12-9-8(2)10-4-5-11-9/h4-5,13H,3,6-7H2,1-2H3,(H,11,12). The van der Waals surface area contributed by atoms with Crippen LogP contribution in [0.3, 0.4) is 0 Å². The minimum atomic E-state index is -3.18. The van der Waals surface area contributed by atoms with E-state index in [-0.39, 0.29) is 5.75 Å².